The van der Waals surface area contributed by atoms with E-state index in [-0.39, 0.29) is 17.6 Å². The minimum absolute atomic E-state index is 0.0709. The van der Waals surface area contributed by atoms with Crippen molar-refractivity contribution in [2.24, 2.45) is 0 Å². The normalized spacial score (nSPS) is 22.1. The summed E-state index contributed by atoms with van der Waals surface area (Å²) in [7, 11) is 0. The molecule has 0 aromatic heterocycles. The zero-order chi connectivity index (χ0) is 13.7. The maximum absolute atomic E-state index is 11.6. The van der Waals surface area contributed by atoms with Crippen LogP contribution < -0.4 is 0 Å². The van der Waals surface area contributed by atoms with Crippen LogP contribution in [0.15, 0.2) is 35.3 Å². The minimum atomic E-state index is -0.0748. The summed E-state index contributed by atoms with van der Waals surface area (Å²) in [4.78, 5) is 11.6. The van der Waals surface area contributed by atoms with E-state index in [2.05, 4.69) is 6.92 Å². The Morgan fingerprint density at radius 1 is 1.26 bits per heavy atom. The molecule has 1 N–H and O–H groups in total. The number of fused-ring (bicyclic) bond motifs is 1. The standard InChI is InChI=1S/C16H22O3/c1-2-3-4-5-6-7-12-8-9-13-14(17)10-11-15(18)16(13)19-12/h9-12,18H,2-8H2,1H3. The number of allylic oxidation sites excluding steroid dienone is 3. The number of carbonyl (C=O) groups is 1. The van der Waals surface area contributed by atoms with E-state index in [1.54, 1.807) is 0 Å². The average molecular weight is 262 g/mol. The number of aliphatic hydroxyl groups excluding tert-OH is 1. The first-order chi connectivity index (χ1) is 9.22. The predicted molar refractivity (Wildman–Crippen MR) is 74.8 cm³/mol. The van der Waals surface area contributed by atoms with Gasteiger partial charge < -0.3 is 9.84 Å². The van der Waals surface area contributed by atoms with Gasteiger partial charge in [-0.15, -0.1) is 0 Å². The van der Waals surface area contributed by atoms with Crippen LogP contribution in [-0.2, 0) is 9.53 Å². The van der Waals surface area contributed by atoms with Crippen molar-refractivity contribution in [1.82, 2.24) is 0 Å². The fourth-order valence-corrected chi connectivity index (χ4v) is 2.50. The van der Waals surface area contributed by atoms with Crippen molar-refractivity contribution in [2.45, 2.75) is 58.0 Å². The monoisotopic (exact) mass is 262 g/mol. The summed E-state index contributed by atoms with van der Waals surface area (Å²) in [5.74, 6) is 0.369. The highest BCUT2D eigenvalue weighted by Gasteiger charge is 2.28. The maximum Gasteiger partial charge on any atom is 0.189 e. The molecule has 3 heteroatoms. The van der Waals surface area contributed by atoms with Gasteiger partial charge in [0.05, 0.1) is 5.57 Å². The van der Waals surface area contributed by atoms with Crippen LogP contribution in [0.3, 0.4) is 0 Å². The van der Waals surface area contributed by atoms with Gasteiger partial charge in [-0.1, -0.05) is 38.7 Å². The van der Waals surface area contributed by atoms with Crippen LogP contribution >= 0.6 is 0 Å². The fraction of sp³-hybridized carbons (Fsp3) is 0.562. The molecule has 104 valence electrons. The smallest absolute Gasteiger partial charge is 0.189 e. The molecule has 0 radical (unpaired) electrons. The molecule has 0 spiro atoms. The van der Waals surface area contributed by atoms with Gasteiger partial charge in [-0.2, -0.15) is 0 Å². The first-order valence-corrected chi connectivity index (χ1v) is 7.25. The largest absolute Gasteiger partial charge is 0.504 e. The highest BCUT2D eigenvalue weighted by molar-refractivity contribution is 6.08. The van der Waals surface area contributed by atoms with Crippen LogP contribution in [0.2, 0.25) is 0 Å². The van der Waals surface area contributed by atoms with E-state index >= 15 is 0 Å². The van der Waals surface area contributed by atoms with Crippen molar-refractivity contribution in [1.29, 1.82) is 0 Å². The molecule has 1 aliphatic heterocycles. The predicted octanol–water partition coefficient (Wildman–Crippen LogP) is 3.97. The lowest BCUT2D eigenvalue weighted by Gasteiger charge is -2.27. The number of carbonyl (C=O) groups excluding carboxylic acids is 1. The Morgan fingerprint density at radius 3 is 2.84 bits per heavy atom. The molecule has 0 saturated carbocycles. The van der Waals surface area contributed by atoms with Gasteiger partial charge in [-0.3, -0.25) is 4.79 Å². The zero-order valence-corrected chi connectivity index (χ0v) is 11.5. The van der Waals surface area contributed by atoms with E-state index in [9.17, 15) is 9.90 Å². The fourth-order valence-electron chi connectivity index (χ4n) is 2.50. The topological polar surface area (TPSA) is 46.5 Å². The SMILES string of the molecule is CCCCCCCC1CC=C2C(=O)C=CC(O)=C2O1. The van der Waals surface area contributed by atoms with Crippen molar-refractivity contribution in [2.75, 3.05) is 0 Å². The van der Waals surface area contributed by atoms with Gasteiger partial charge in [-0.25, -0.2) is 0 Å². The van der Waals surface area contributed by atoms with Gasteiger partial charge in [0.25, 0.3) is 0 Å². The first-order valence-electron chi connectivity index (χ1n) is 7.25. The van der Waals surface area contributed by atoms with E-state index in [1.165, 1.54) is 37.8 Å². The Bertz CT molecular complexity index is 429. The molecule has 0 bridgehead atoms. The lowest BCUT2D eigenvalue weighted by molar-refractivity contribution is -0.112. The van der Waals surface area contributed by atoms with E-state index in [0.717, 1.165) is 19.3 Å². The van der Waals surface area contributed by atoms with Crippen molar-refractivity contribution in [3.05, 3.63) is 35.3 Å². The Morgan fingerprint density at radius 2 is 2.05 bits per heavy atom. The average Bonchev–Trinajstić information content (AvgIpc) is 2.43. The lowest BCUT2D eigenvalue weighted by atomic mass is 9.96. The van der Waals surface area contributed by atoms with E-state index < -0.39 is 0 Å². The molecule has 0 fully saturated rings. The van der Waals surface area contributed by atoms with Crippen molar-refractivity contribution >= 4 is 5.78 Å². The molecule has 1 aliphatic carbocycles. The van der Waals surface area contributed by atoms with Crippen LogP contribution in [0.5, 0.6) is 0 Å². The third-order valence-electron chi connectivity index (χ3n) is 3.63. The molecular formula is C16H22O3. The number of hydrogen-bond donors (Lipinski definition) is 1. The molecule has 2 aliphatic rings. The molecule has 0 amide bonds. The first kappa shape index (κ1) is 13.9. The Kier molecular flexibility index (Phi) is 4.83. The third kappa shape index (κ3) is 3.49. The number of hydrogen-bond acceptors (Lipinski definition) is 3. The molecule has 0 aromatic rings. The van der Waals surface area contributed by atoms with Crippen molar-refractivity contribution in [3.63, 3.8) is 0 Å². The second kappa shape index (κ2) is 6.60. The molecule has 1 heterocycles. The van der Waals surface area contributed by atoms with E-state index in [1.807, 2.05) is 6.08 Å². The number of ether oxygens (including phenoxy) is 1. The lowest BCUT2D eigenvalue weighted by Crippen LogP contribution is -2.23. The van der Waals surface area contributed by atoms with Crippen LogP contribution in [0.4, 0.5) is 0 Å². The van der Waals surface area contributed by atoms with E-state index in [0.29, 0.717) is 11.3 Å². The highest BCUT2D eigenvalue weighted by atomic mass is 16.5. The van der Waals surface area contributed by atoms with Gasteiger partial charge in [0.2, 0.25) is 0 Å². The van der Waals surface area contributed by atoms with Gasteiger partial charge >= 0.3 is 0 Å². The van der Waals surface area contributed by atoms with Crippen LogP contribution in [0, 0.1) is 0 Å². The summed E-state index contributed by atoms with van der Waals surface area (Å²) in [6.45, 7) is 2.21. The van der Waals surface area contributed by atoms with Gasteiger partial charge in [0.15, 0.2) is 17.3 Å². The summed E-state index contributed by atoms with van der Waals surface area (Å²) >= 11 is 0. The molecule has 0 aromatic carbocycles. The second-order valence-corrected chi connectivity index (χ2v) is 5.21. The zero-order valence-electron chi connectivity index (χ0n) is 11.5. The highest BCUT2D eigenvalue weighted by Crippen LogP contribution is 2.30. The van der Waals surface area contributed by atoms with Crippen molar-refractivity contribution in [3.8, 4) is 0 Å². The van der Waals surface area contributed by atoms with Crippen molar-refractivity contribution < 1.29 is 14.6 Å². The third-order valence-corrected chi connectivity index (χ3v) is 3.63. The summed E-state index contributed by atoms with van der Waals surface area (Å²) in [5, 5.41) is 9.76. The van der Waals surface area contributed by atoms with E-state index in [4.69, 9.17) is 4.74 Å². The number of rotatable bonds is 6. The summed E-state index contributed by atoms with van der Waals surface area (Å²) < 4.78 is 5.77. The molecule has 1 atom stereocenters. The van der Waals surface area contributed by atoms with Crippen LogP contribution in [-0.4, -0.2) is 17.0 Å². The molecule has 0 saturated heterocycles. The summed E-state index contributed by atoms with van der Waals surface area (Å²) in [5.41, 5.74) is 0.516. The van der Waals surface area contributed by atoms with Gasteiger partial charge in [0.1, 0.15) is 6.10 Å². The number of ketones is 1. The number of aliphatic hydroxyl groups is 1. The van der Waals surface area contributed by atoms with Gasteiger partial charge in [-0.05, 0) is 25.0 Å². The van der Waals surface area contributed by atoms with Gasteiger partial charge in [0, 0.05) is 6.42 Å². The molecular weight excluding hydrogens is 240 g/mol. The summed E-state index contributed by atoms with van der Waals surface area (Å²) in [6.07, 6.45) is 12.8. The Labute approximate surface area is 114 Å². The quantitative estimate of drug-likeness (QED) is 0.737. The minimum Gasteiger partial charge on any atom is -0.504 e. The maximum atomic E-state index is 11.6. The summed E-state index contributed by atoms with van der Waals surface area (Å²) in [6, 6.07) is 0. The second-order valence-electron chi connectivity index (χ2n) is 5.21. The Balaban J connectivity index is 1.86. The Hall–Kier alpha value is -1.51. The van der Waals surface area contributed by atoms with Crippen LogP contribution in [0.25, 0.3) is 0 Å². The molecule has 2 rings (SSSR count). The molecule has 3 nitrogen and oxygen atoms in total. The molecule has 19 heavy (non-hydrogen) atoms. The van der Waals surface area contributed by atoms with Crippen LogP contribution in [0.1, 0.15) is 51.9 Å². The number of unbranched alkanes of at least 4 members (excludes halogenated alkanes) is 4. The molecule has 1 unspecified atom stereocenters.